The third kappa shape index (κ3) is 3.80. The molecule has 30 heavy (non-hydrogen) atoms. The van der Waals surface area contributed by atoms with Gasteiger partial charge in [-0.3, -0.25) is 14.4 Å². The van der Waals surface area contributed by atoms with Crippen molar-refractivity contribution in [2.45, 2.75) is 6.42 Å². The fourth-order valence-electron chi connectivity index (χ4n) is 3.51. The first-order chi connectivity index (χ1) is 14.5. The number of benzene rings is 3. The Kier molecular flexibility index (Phi) is 5.30. The van der Waals surface area contributed by atoms with Crippen molar-refractivity contribution in [3.63, 3.8) is 0 Å². The molecule has 1 aliphatic heterocycles. The minimum absolute atomic E-state index is 0.0275. The summed E-state index contributed by atoms with van der Waals surface area (Å²) in [5, 5.41) is 4.68. The van der Waals surface area contributed by atoms with Gasteiger partial charge < -0.3 is 15.0 Å². The van der Waals surface area contributed by atoms with E-state index in [4.69, 9.17) is 4.74 Å². The smallest absolute Gasteiger partial charge is 0.308 e. The summed E-state index contributed by atoms with van der Waals surface area (Å²) in [6, 6.07) is 20.5. The highest BCUT2D eigenvalue weighted by atomic mass is 16.5. The van der Waals surface area contributed by atoms with Gasteiger partial charge >= 0.3 is 5.97 Å². The summed E-state index contributed by atoms with van der Waals surface area (Å²) >= 11 is 0. The largest absolute Gasteiger partial charge is 0.456 e. The molecule has 0 radical (unpaired) electrons. The lowest BCUT2D eigenvalue weighted by Gasteiger charge is -2.16. The maximum absolute atomic E-state index is 12.4. The van der Waals surface area contributed by atoms with Crippen LogP contribution in [0.5, 0.6) is 0 Å². The average molecular weight is 400 g/mol. The average Bonchev–Trinajstić information content (AvgIpc) is 3.01. The summed E-state index contributed by atoms with van der Waals surface area (Å²) < 4.78 is 5.08. The van der Waals surface area contributed by atoms with Gasteiger partial charge in [-0.15, -0.1) is 0 Å². The first-order valence-corrected chi connectivity index (χ1v) is 9.58. The van der Waals surface area contributed by atoms with Crippen molar-refractivity contribution >= 4 is 39.9 Å². The summed E-state index contributed by atoms with van der Waals surface area (Å²) in [6.45, 7) is 3.70. The summed E-state index contributed by atoms with van der Waals surface area (Å²) in [4.78, 5) is 38.2. The second-order valence-corrected chi connectivity index (χ2v) is 6.93. The SMILES string of the molecule is C=C1c2ccccc2C(=O)N1CCC(=O)OCC(=O)Nc1cccc2ccccc12. The van der Waals surface area contributed by atoms with Crippen LogP contribution in [0.15, 0.2) is 73.3 Å². The topological polar surface area (TPSA) is 75.7 Å². The van der Waals surface area contributed by atoms with Crippen LogP contribution in [0.1, 0.15) is 22.3 Å². The number of nitrogens with zero attached hydrogens (tertiary/aromatic N) is 1. The van der Waals surface area contributed by atoms with Crippen LogP contribution in [0.2, 0.25) is 0 Å². The van der Waals surface area contributed by atoms with Crippen LogP contribution in [0.25, 0.3) is 16.5 Å². The minimum Gasteiger partial charge on any atom is -0.456 e. The van der Waals surface area contributed by atoms with Gasteiger partial charge in [0, 0.05) is 34.4 Å². The van der Waals surface area contributed by atoms with Crippen molar-refractivity contribution in [3.05, 3.63) is 84.4 Å². The van der Waals surface area contributed by atoms with Gasteiger partial charge in [-0.25, -0.2) is 0 Å². The summed E-state index contributed by atoms with van der Waals surface area (Å²) in [5.41, 5.74) is 2.57. The van der Waals surface area contributed by atoms with Gasteiger partial charge in [0.1, 0.15) is 0 Å². The van der Waals surface area contributed by atoms with Gasteiger partial charge in [0.05, 0.1) is 6.42 Å². The summed E-state index contributed by atoms with van der Waals surface area (Å²) in [6.07, 6.45) is -0.0275. The van der Waals surface area contributed by atoms with Crippen molar-refractivity contribution in [2.75, 3.05) is 18.5 Å². The van der Waals surface area contributed by atoms with Crippen molar-refractivity contribution in [1.29, 1.82) is 0 Å². The number of rotatable bonds is 6. The number of fused-ring (bicyclic) bond motifs is 2. The number of anilines is 1. The molecule has 0 saturated heterocycles. The zero-order chi connectivity index (χ0) is 21.1. The second-order valence-electron chi connectivity index (χ2n) is 6.93. The Balaban J connectivity index is 1.29. The Morgan fingerprint density at radius 3 is 2.43 bits per heavy atom. The molecular weight excluding hydrogens is 380 g/mol. The van der Waals surface area contributed by atoms with E-state index in [0.717, 1.165) is 16.3 Å². The Labute approximate surface area is 173 Å². The molecule has 0 fully saturated rings. The lowest BCUT2D eigenvalue weighted by atomic mass is 10.1. The molecule has 0 spiro atoms. The van der Waals surface area contributed by atoms with Gasteiger partial charge in [0.15, 0.2) is 6.61 Å². The number of nitrogens with one attached hydrogen (secondary N) is 1. The van der Waals surface area contributed by atoms with E-state index in [1.807, 2.05) is 48.5 Å². The van der Waals surface area contributed by atoms with E-state index in [1.165, 1.54) is 4.90 Å². The molecule has 0 aliphatic carbocycles. The van der Waals surface area contributed by atoms with E-state index in [2.05, 4.69) is 11.9 Å². The highest BCUT2D eigenvalue weighted by Gasteiger charge is 2.30. The number of hydrogen-bond donors (Lipinski definition) is 1. The van der Waals surface area contributed by atoms with E-state index < -0.39 is 18.5 Å². The molecule has 3 aromatic carbocycles. The Hall–Kier alpha value is -3.93. The van der Waals surface area contributed by atoms with Crippen molar-refractivity contribution in [1.82, 2.24) is 4.90 Å². The maximum atomic E-state index is 12.4. The van der Waals surface area contributed by atoms with Crippen LogP contribution in [-0.4, -0.2) is 35.8 Å². The molecule has 0 atom stereocenters. The van der Waals surface area contributed by atoms with Gasteiger partial charge in [-0.05, 0) is 17.5 Å². The Morgan fingerprint density at radius 2 is 1.63 bits per heavy atom. The predicted octanol–water partition coefficient (Wildman–Crippen LogP) is 3.84. The normalized spacial score (nSPS) is 12.7. The lowest BCUT2D eigenvalue weighted by Crippen LogP contribution is -2.27. The Bertz CT molecular complexity index is 1130. The van der Waals surface area contributed by atoms with E-state index in [-0.39, 0.29) is 18.9 Å². The standard InChI is InChI=1S/C24H20N2O4/c1-16-18-9-4-5-11-20(18)24(29)26(16)14-13-23(28)30-15-22(27)25-21-12-6-8-17-7-2-3-10-19(17)21/h2-12H,1,13-15H2,(H,25,27). The van der Waals surface area contributed by atoms with Crippen molar-refractivity contribution in [3.8, 4) is 0 Å². The molecule has 1 N–H and O–H groups in total. The molecule has 6 heteroatoms. The zero-order valence-corrected chi connectivity index (χ0v) is 16.3. The van der Waals surface area contributed by atoms with Crippen LogP contribution in [0, 0.1) is 0 Å². The van der Waals surface area contributed by atoms with Crippen molar-refractivity contribution in [2.24, 2.45) is 0 Å². The van der Waals surface area contributed by atoms with E-state index >= 15 is 0 Å². The number of amides is 2. The quantitative estimate of drug-likeness (QED) is 0.638. The van der Waals surface area contributed by atoms with Crippen molar-refractivity contribution < 1.29 is 19.1 Å². The Morgan fingerprint density at radius 1 is 0.933 bits per heavy atom. The molecule has 1 heterocycles. The zero-order valence-electron chi connectivity index (χ0n) is 16.3. The number of esters is 1. The number of carbonyl (C=O) groups excluding carboxylic acids is 3. The fraction of sp³-hybridized carbons (Fsp3) is 0.125. The van der Waals surface area contributed by atoms with Crippen LogP contribution < -0.4 is 5.32 Å². The summed E-state index contributed by atoms with van der Waals surface area (Å²) in [5.74, 6) is -1.16. The lowest BCUT2D eigenvalue weighted by molar-refractivity contribution is -0.147. The molecule has 0 unspecified atom stereocenters. The molecule has 3 aromatic rings. The maximum Gasteiger partial charge on any atom is 0.308 e. The molecule has 1 aliphatic rings. The van der Waals surface area contributed by atoms with Crippen LogP contribution in [0.4, 0.5) is 5.69 Å². The van der Waals surface area contributed by atoms with Crippen LogP contribution in [-0.2, 0) is 14.3 Å². The monoisotopic (exact) mass is 400 g/mol. The van der Waals surface area contributed by atoms with E-state index in [1.54, 1.807) is 18.2 Å². The fourth-order valence-corrected chi connectivity index (χ4v) is 3.51. The molecule has 6 nitrogen and oxygen atoms in total. The van der Waals surface area contributed by atoms with Crippen LogP contribution in [0.3, 0.4) is 0 Å². The molecular formula is C24H20N2O4. The highest BCUT2D eigenvalue weighted by Crippen LogP contribution is 2.31. The predicted molar refractivity (Wildman–Crippen MR) is 115 cm³/mol. The second kappa shape index (κ2) is 8.21. The van der Waals surface area contributed by atoms with Crippen LogP contribution >= 0.6 is 0 Å². The van der Waals surface area contributed by atoms with E-state index in [0.29, 0.717) is 16.9 Å². The highest BCUT2D eigenvalue weighted by molar-refractivity contribution is 6.09. The van der Waals surface area contributed by atoms with Gasteiger partial charge in [0.25, 0.3) is 11.8 Å². The molecule has 0 aromatic heterocycles. The minimum atomic E-state index is -0.556. The first-order valence-electron chi connectivity index (χ1n) is 9.58. The number of ether oxygens (including phenoxy) is 1. The number of hydrogen-bond acceptors (Lipinski definition) is 4. The molecule has 0 saturated carbocycles. The summed E-state index contributed by atoms with van der Waals surface area (Å²) in [7, 11) is 0. The third-order valence-electron chi connectivity index (χ3n) is 5.01. The first kappa shape index (κ1) is 19.4. The van der Waals surface area contributed by atoms with Gasteiger partial charge in [0.2, 0.25) is 0 Å². The molecule has 2 amide bonds. The molecule has 0 bridgehead atoms. The molecule has 150 valence electrons. The van der Waals surface area contributed by atoms with Gasteiger partial charge in [-0.1, -0.05) is 61.2 Å². The third-order valence-corrected chi connectivity index (χ3v) is 5.01. The van der Waals surface area contributed by atoms with E-state index in [9.17, 15) is 14.4 Å². The molecule has 4 rings (SSSR count). The number of carbonyl (C=O) groups is 3. The van der Waals surface area contributed by atoms with Gasteiger partial charge in [-0.2, -0.15) is 0 Å².